The molecular weight excluding hydrogens is 354 g/mol. The summed E-state index contributed by atoms with van der Waals surface area (Å²) in [4.78, 5) is 25.4. The Hall–Kier alpha value is -2.67. The highest BCUT2D eigenvalue weighted by molar-refractivity contribution is 5.82. The Kier molecular flexibility index (Phi) is 5.17. The standard InChI is InChI=1S/C21H27N5O2/c1-14-7-15(2)9-16(8-14)11-26-5-4-25(12-20(26)27)19-10-18(23-21(22)24-19)17-3-6-28-13-17/h7-10,17H,3-6,11-13H2,1-2H3,(H2,22,23,24)/t17-/m0/s1. The van der Waals surface area contributed by atoms with Crippen LogP contribution >= 0.6 is 0 Å². The lowest BCUT2D eigenvalue weighted by atomic mass is 10.0. The molecule has 0 bridgehead atoms. The quantitative estimate of drug-likeness (QED) is 0.872. The smallest absolute Gasteiger partial charge is 0.242 e. The van der Waals surface area contributed by atoms with Gasteiger partial charge < -0.3 is 20.3 Å². The molecule has 7 nitrogen and oxygen atoms in total. The number of anilines is 2. The maximum absolute atomic E-state index is 12.8. The molecule has 0 aliphatic carbocycles. The second-order valence-electron chi connectivity index (χ2n) is 7.80. The van der Waals surface area contributed by atoms with Crippen LogP contribution in [0, 0.1) is 13.8 Å². The summed E-state index contributed by atoms with van der Waals surface area (Å²) in [6.07, 6.45) is 0.943. The summed E-state index contributed by atoms with van der Waals surface area (Å²) >= 11 is 0. The second-order valence-corrected chi connectivity index (χ2v) is 7.80. The molecule has 1 aromatic heterocycles. The topological polar surface area (TPSA) is 84.6 Å². The summed E-state index contributed by atoms with van der Waals surface area (Å²) in [5.41, 5.74) is 10.5. The van der Waals surface area contributed by atoms with Crippen molar-refractivity contribution in [3.8, 4) is 0 Å². The van der Waals surface area contributed by atoms with E-state index in [1.165, 1.54) is 16.7 Å². The molecule has 2 N–H and O–H groups in total. The van der Waals surface area contributed by atoms with Crippen LogP contribution in [0.1, 0.15) is 34.7 Å². The molecule has 28 heavy (non-hydrogen) atoms. The van der Waals surface area contributed by atoms with Crippen molar-refractivity contribution >= 4 is 17.7 Å². The highest BCUT2D eigenvalue weighted by Gasteiger charge is 2.27. The number of ether oxygens (including phenoxy) is 1. The molecule has 0 saturated carbocycles. The van der Waals surface area contributed by atoms with Crippen LogP contribution in [0.3, 0.4) is 0 Å². The fourth-order valence-electron chi connectivity index (χ4n) is 4.06. The van der Waals surface area contributed by atoms with Gasteiger partial charge >= 0.3 is 0 Å². The monoisotopic (exact) mass is 381 g/mol. The normalized spacial score (nSPS) is 20.1. The minimum atomic E-state index is 0.105. The zero-order valence-corrected chi connectivity index (χ0v) is 16.5. The van der Waals surface area contributed by atoms with E-state index < -0.39 is 0 Å². The average Bonchev–Trinajstić information content (AvgIpc) is 3.17. The van der Waals surface area contributed by atoms with Gasteiger partial charge in [0.25, 0.3) is 0 Å². The van der Waals surface area contributed by atoms with E-state index in [1.807, 2.05) is 15.9 Å². The highest BCUT2D eigenvalue weighted by Crippen LogP contribution is 2.27. The fourth-order valence-corrected chi connectivity index (χ4v) is 4.06. The van der Waals surface area contributed by atoms with Gasteiger partial charge in [0, 0.05) is 38.2 Å². The first kappa shape index (κ1) is 18.7. The van der Waals surface area contributed by atoms with Crippen molar-refractivity contribution in [1.82, 2.24) is 14.9 Å². The first-order valence-corrected chi connectivity index (χ1v) is 9.80. The van der Waals surface area contributed by atoms with Gasteiger partial charge in [0.1, 0.15) is 5.82 Å². The van der Waals surface area contributed by atoms with Crippen LogP contribution in [-0.4, -0.2) is 53.6 Å². The second kappa shape index (κ2) is 7.75. The van der Waals surface area contributed by atoms with Gasteiger partial charge in [-0.25, -0.2) is 4.98 Å². The number of nitrogen functional groups attached to an aromatic ring is 1. The Morgan fingerprint density at radius 2 is 1.93 bits per heavy atom. The van der Waals surface area contributed by atoms with Gasteiger partial charge in [-0.1, -0.05) is 29.3 Å². The van der Waals surface area contributed by atoms with Gasteiger partial charge in [0.05, 0.1) is 18.8 Å². The number of piperazine rings is 1. The fraction of sp³-hybridized carbons (Fsp3) is 0.476. The van der Waals surface area contributed by atoms with Crippen LogP contribution in [0.25, 0.3) is 0 Å². The summed E-state index contributed by atoms with van der Waals surface area (Å²) in [5.74, 6) is 1.34. The Bertz CT molecular complexity index is 859. The number of aromatic nitrogens is 2. The lowest BCUT2D eigenvalue weighted by molar-refractivity contribution is -0.131. The van der Waals surface area contributed by atoms with E-state index in [0.717, 1.165) is 31.1 Å². The lowest BCUT2D eigenvalue weighted by Gasteiger charge is -2.35. The maximum atomic E-state index is 12.8. The summed E-state index contributed by atoms with van der Waals surface area (Å²) in [5, 5.41) is 0. The van der Waals surface area contributed by atoms with E-state index in [4.69, 9.17) is 10.5 Å². The molecule has 1 amide bonds. The summed E-state index contributed by atoms with van der Waals surface area (Å²) in [6.45, 7) is 7.93. The van der Waals surface area contributed by atoms with Gasteiger partial charge in [-0.3, -0.25) is 4.79 Å². The largest absolute Gasteiger partial charge is 0.381 e. The molecule has 2 aliphatic heterocycles. The van der Waals surface area contributed by atoms with Crippen molar-refractivity contribution in [3.05, 3.63) is 46.6 Å². The highest BCUT2D eigenvalue weighted by atomic mass is 16.5. The number of hydrogen-bond donors (Lipinski definition) is 1. The summed E-state index contributed by atoms with van der Waals surface area (Å²) in [6, 6.07) is 8.40. The lowest BCUT2D eigenvalue weighted by Crippen LogP contribution is -2.50. The molecule has 2 fully saturated rings. The minimum absolute atomic E-state index is 0.105. The van der Waals surface area contributed by atoms with Gasteiger partial charge in [-0.05, 0) is 25.8 Å². The number of rotatable bonds is 4. The van der Waals surface area contributed by atoms with Crippen LogP contribution in [0.15, 0.2) is 24.3 Å². The number of benzene rings is 1. The number of aryl methyl sites for hydroxylation is 2. The molecule has 4 rings (SSSR count). The molecule has 2 aliphatic rings. The third kappa shape index (κ3) is 4.09. The van der Waals surface area contributed by atoms with Crippen molar-refractivity contribution in [2.24, 2.45) is 0 Å². The Morgan fingerprint density at radius 1 is 1.14 bits per heavy atom. The molecule has 1 aromatic carbocycles. The Balaban J connectivity index is 1.46. The number of amides is 1. The predicted octanol–water partition coefficient (Wildman–Crippen LogP) is 2.03. The van der Waals surface area contributed by atoms with E-state index >= 15 is 0 Å². The van der Waals surface area contributed by atoms with Gasteiger partial charge in [0.15, 0.2) is 0 Å². The molecule has 2 aromatic rings. The Labute approximate surface area is 165 Å². The molecule has 7 heteroatoms. The van der Waals surface area contributed by atoms with Crippen molar-refractivity contribution in [2.45, 2.75) is 32.7 Å². The first-order chi connectivity index (χ1) is 13.5. The molecule has 0 spiro atoms. The van der Waals surface area contributed by atoms with Gasteiger partial charge in [-0.15, -0.1) is 0 Å². The molecular formula is C21H27N5O2. The van der Waals surface area contributed by atoms with Crippen LogP contribution in [0.2, 0.25) is 0 Å². The van der Waals surface area contributed by atoms with Crippen LogP contribution in [0.4, 0.5) is 11.8 Å². The van der Waals surface area contributed by atoms with Crippen molar-refractivity contribution in [1.29, 1.82) is 0 Å². The number of nitrogens with two attached hydrogens (primary N) is 1. The van der Waals surface area contributed by atoms with E-state index in [9.17, 15) is 4.79 Å². The van der Waals surface area contributed by atoms with Crippen LogP contribution in [-0.2, 0) is 16.1 Å². The summed E-state index contributed by atoms with van der Waals surface area (Å²) in [7, 11) is 0. The van der Waals surface area contributed by atoms with E-state index in [2.05, 4.69) is 42.0 Å². The average molecular weight is 381 g/mol. The molecule has 148 valence electrons. The number of nitrogens with zero attached hydrogens (tertiary/aromatic N) is 4. The molecule has 0 unspecified atom stereocenters. The van der Waals surface area contributed by atoms with E-state index in [-0.39, 0.29) is 17.8 Å². The Morgan fingerprint density at radius 3 is 2.61 bits per heavy atom. The van der Waals surface area contributed by atoms with Crippen molar-refractivity contribution < 1.29 is 9.53 Å². The zero-order chi connectivity index (χ0) is 19.7. The summed E-state index contributed by atoms with van der Waals surface area (Å²) < 4.78 is 5.47. The van der Waals surface area contributed by atoms with E-state index in [0.29, 0.717) is 26.2 Å². The third-order valence-electron chi connectivity index (χ3n) is 5.40. The zero-order valence-electron chi connectivity index (χ0n) is 16.5. The molecule has 1 atom stereocenters. The number of carbonyl (C=O) groups excluding carboxylic acids is 1. The van der Waals surface area contributed by atoms with Crippen molar-refractivity contribution in [3.63, 3.8) is 0 Å². The van der Waals surface area contributed by atoms with E-state index in [1.54, 1.807) is 0 Å². The molecule has 0 radical (unpaired) electrons. The third-order valence-corrected chi connectivity index (χ3v) is 5.40. The number of hydrogen-bond acceptors (Lipinski definition) is 6. The predicted molar refractivity (Wildman–Crippen MR) is 108 cm³/mol. The maximum Gasteiger partial charge on any atom is 0.242 e. The molecule has 2 saturated heterocycles. The molecule has 3 heterocycles. The van der Waals surface area contributed by atoms with Crippen LogP contribution in [0.5, 0.6) is 0 Å². The number of carbonyl (C=O) groups is 1. The first-order valence-electron chi connectivity index (χ1n) is 9.80. The van der Waals surface area contributed by atoms with Crippen molar-refractivity contribution in [2.75, 3.05) is 43.5 Å². The van der Waals surface area contributed by atoms with Crippen LogP contribution < -0.4 is 10.6 Å². The minimum Gasteiger partial charge on any atom is -0.381 e. The van der Waals surface area contributed by atoms with Gasteiger partial charge in [-0.2, -0.15) is 4.98 Å². The van der Waals surface area contributed by atoms with Gasteiger partial charge in [0.2, 0.25) is 11.9 Å². The SMILES string of the molecule is Cc1cc(C)cc(CN2CCN(c3cc([C@H]4CCOC4)nc(N)n3)CC2=O)c1.